The van der Waals surface area contributed by atoms with Crippen LogP contribution in [0.25, 0.3) is 11.2 Å². The first-order valence-electron chi connectivity index (χ1n) is 9.97. The number of aliphatic hydroxyl groups is 1. The van der Waals surface area contributed by atoms with E-state index in [4.69, 9.17) is 10.2 Å². The van der Waals surface area contributed by atoms with Gasteiger partial charge in [-0.25, -0.2) is 15.0 Å². The zero-order valence-corrected chi connectivity index (χ0v) is 18.8. The van der Waals surface area contributed by atoms with Crippen LogP contribution in [0.5, 0.6) is 0 Å². The highest BCUT2D eigenvalue weighted by Crippen LogP contribution is 2.45. The summed E-state index contributed by atoms with van der Waals surface area (Å²) in [7, 11) is -1.91. The van der Waals surface area contributed by atoms with Crippen LogP contribution in [0.15, 0.2) is 24.3 Å². The van der Waals surface area contributed by atoms with E-state index in [2.05, 4.69) is 61.8 Å². The molecule has 3 rings (SSSR count). The molecule has 0 aromatic carbocycles. The second-order valence-corrected chi connectivity index (χ2v) is 13.8. The predicted octanol–water partition coefficient (Wildman–Crippen LogP) is 3.55. The Morgan fingerprint density at radius 2 is 2.04 bits per heavy atom. The van der Waals surface area contributed by atoms with Crippen LogP contribution in [0, 0.1) is 11.8 Å². The van der Waals surface area contributed by atoms with Crippen molar-refractivity contribution in [2.24, 2.45) is 11.8 Å². The predicted molar refractivity (Wildman–Crippen MR) is 114 cm³/mol. The van der Waals surface area contributed by atoms with Gasteiger partial charge in [0.1, 0.15) is 11.8 Å². The summed E-state index contributed by atoms with van der Waals surface area (Å²) < 4.78 is 8.58. The van der Waals surface area contributed by atoms with Gasteiger partial charge >= 0.3 is 0 Å². The number of aliphatic hydroxyl groups excluding tert-OH is 1. The highest BCUT2D eigenvalue weighted by molar-refractivity contribution is 6.74. The molecule has 7 nitrogen and oxygen atoms in total. The van der Waals surface area contributed by atoms with Gasteiger partial charge in [-0.2, -0.15) is 0 Å². The molecule has 0 aliphatic heterocycles. The molecule has 0 amide bonds. The van der Waals surface area contributed by atoms with Crippen molar-refractivity contribution in [3.05, 3.63) is 24.3 Å². The fourth-order valence-corrected chi connectivity index (χ4v) is 6.13. The number of aromatic nitrogens is 4. The van der Waals surface area contributed by atoms with Crippen molar-refractivity contribution in [3.8, 4) is 0 Å². The molecular formula is C20H33N5O2Si. The molecule has 0 saturated carbocycles. The third-order valence-electron chi connectivity index (χ3n) is 7.02. The van der Waals surface area contributed by atoms with E-state index in [1.54, 1.807) is 6.33 Å². The van der Waals surface area contributed by atoms with E-state index in [-0.39, 0.29) is 23.6 Å². The molecule has 0 fully saturated rings. The SMILES string of the molecule is CC(C)C(C)(C)[Si](C)(C)OC[C@@H]1C[C@H](n2cnc3c(N)ncnc32)C=C1CO. The Balaban J connectivity index is 1.77. The third-order valence-corrected chi connectivity index (χ3v) is 11.6. The number of nitrogens with zero attached hydrogens (tertiary/aromatic N) is 4. The van der Waals surface area contributed by atoms with Crippen molar-refractivity contribution in [3.63, 3.8) is 0 Å². The Labute approximate surface area is 168 Å². The first-order chi connectivity index (χ1) is 13.1. The number of nitrogen functional groups attached to an aromatic ring is 1. The minimum absolute atomic E-state index is 0.0455. The Morgan fingerprint density at radius 3 is 2.68 bits per heavy atom. The summed E-state index contributed by atoms with van der Waals surface area (Å²) in [6.45, 7) is 14.4. The molecular weight excluding hydrogens is 370 g/mol. The molecule has 2 aromatic rings. The molecule has 28 heavy (non-hydrogen) atoms. The summed E-state index contributed by atoms with van der Waals surface area (Å²) in [4.78, 5) is 12.7. The standard InChI is InChI=1S/C20H33N5O2Si/c1-13(2)20(3,4)28(5,6)27-10-15-8-16(7-14(15)9-26)25-12-24-17-18(21)22-11-23-19(17)25/h7,11-13,15-16,26H,8-10H2,1-6H3,(H2,21,22,23)/t15-,16+/m0/s1. The minimum Gasteiger partial charge on any atom is -0.416 e. The molecule has 154 valence electrons. The van der Waals surface area contributed by atoms with Crippen molar-refractivity contribution in [2.75, 3.05) is 18.9 Å². The van der Waals surface area contributed by atoms with Crippen LogP contribution in [0.4, 0.5) is 5.82 Å². The molecule has 0 bridgehead atoms. The maximum absolute atomic E-state index is 9.90. The summed E-state index contributed by atoms with van der Waals surface area (Å²) >= 11 is 0. The van der Waals surface area contributed by atoms with Gasteiger partial charge in [-0.05, 0) is 36.0 Å². The maximum Gasteiger partial charge on any atom is 0.192 e. The molecule has 2 heterocycles. The zero-order valence-electron chi connectivity index (χ0n) is 17.8. The molecule has 0 spiro atoms. The Kier molecular flexibility index (Phi) is 5.66. The van der Waals surface area contributed by atoms with Gasteiger partial charge in [-0.1, -0.05) is 33.8 Å². The number of fused-ring (bicyclic) bond motifs is 1. The lowest BCUT2D eigenvalue weighted by Gasteiger charge is -2.43. The Morgan fingerprint density at radius 1 is 1.32 bits per heavy atom. The number of nitrogens with two attached hydrogens (primary N) is 1. The third kappa shape index (κ3) is 3.60. The second-order valence-electron chi connectivity index (χ2n) is 9.18. The second kappa shape index (κ2) is 7.57. The van der Waals surface area contributed by atoms with Crippen molar-refractivity contribution >= 4 is 25.3 Å². The quantitative estimate of drug-likeness (QED) is 0.542. The first kappa shape index (κ1) is 20.9. The summed E-state index contributed by atoms with van der Waals surface area (Å²) in [5.74, 6) is 1.14. The highest BCUT2D eigenvalue weighted by atomic mass is 28.4. The molecule has 0 radical (unpaired) electrons. The largest absolute Gasteiger partial charge is 0.416 e. The van der Waals surface area contributed by atoms with E-state index in [0.717, 1.165) is 17.6 Å². The lowest BCUT2D eigenvalue weighted by Crippen LogP contribution is -2.46. The topological polar surface area (TPSA) is 99.1 Å². The molecule has 2 atom stereocenters. The van der Waals surface area contributed by atoms with Gasteiger partial charge < -0.3 is 19.8 Å². The number of hydrogen-bond acceptors (Lipinski definition) is 6. The van der Waals surface area contributed by atoms with E-state index in [9.17, 15) is 5.11 Å². The van der Waals surface area contributed by atoms with Crippen LogP contribution in [-0.4, -0.2) is 46.2 Å². The molecule has 3 N–H and O–H groups in total. The molecule has 2 aromatic heterocycles. The number of rotatable bonds is 7. The van der Waals surface area contributed by atoms with Crippen LogP contribution < -0.4 is 5.73 Å². The van der Waals surface area contributed by atoms with Gasteiger partial charge in [-0.15, -0.1) is 0 Å². The van der Waals surface area contributed by atoms with Gasteiger partial charge in [0.25, 0.3) is 0 Å². The van der Waals surface area contributed by atoms with Gasteiger partial charge in [-0.3, -0.25) is 0 Å². The first-order valence-corrected chi connectivity index (χ1v) is 12.9. The molecule has 8 heteroatoms. The van der Waals surface area contributed by atoms with Crippen LogP contribution in [0.1, 0.15) is 40.2 Å². The van der Waals surface area contributed by atoms with E-state index < -0.39 is 8.32 Å². The molecule has 1 aliphatic carbocycles. The number of anilines is 1. The average Bonchev–Trinajstić information content (AvgIpc) is 3.24. The fourth-order valence-electron chi connectivity index (χ4n) is 3.75. The molecule has 0 saturated heterocycles. The zero-order chi connectivity index (χ0) is 20.7. The van der Waals surface area contributed by atoms with Crippen LogP contribution in [-0.2, 0) is 4.43 Å². The monoisotopic (exact) mass is 403 g/mol. The van der Waals surface area contributed by atoms with Crippen LogP contribution in [0.3, 0.4) is 0 Å². The fraction of sp³-hybridized carbons (Fsp3) is 0.650. The lowest BCUT2D eigenvalue weighted by atomic mass is 9.99. The smallest absolute Gasteiger partial charge is 0.192 e. The van der Waals surface area contributed by atoms with E-state index in [1.807, 2.05) is 4.57 Å². The summed E-state index contributed by atoms with van der Waals surface area (Å²) in [5.41, 5.74) is 8.28. The van der Waals surface area contributed by atoms with Crippen molar-refractivity contribution in [1.29, 1.82) is 0 Å². The Bertz CT molecular complexity index is 875. The van der Waals surface area contributed by atoms with Gasteiger partial charge in [0, 0.05) is 12.5 Å². The molecule has 0 unspecified atom stereocenters. The minimum atomic E-state index is -1.91. The van der Waals surface area contributed by atoms with Crippen molar-refractivity contribution in [2.45, 2.75) is 58.3 Å². The number of hydrogen-bond donors (Lipinski definition) is 2. The number of allylic oxidation sites excluding steroid dienone is 1. The number of imidazole rings is 1. The summed E-state index contributed by atoms with van der Waals surface area (Å²) in [6.07, 6.45) is 6.20. The Hall–Kier alpha value is -1.77. The van der Waals surface area contributed by atoms with Crippen molar-refractivity contribution in [1.82, 2.24) is 19.5 Å². The lowest BCUT2D eigenvalue weighted by molar-refractivity contribution is 0.214. The van der Waals surface area contributed by atoms with Crippen LogP contribution in [0.2, 0.25) is 18.1 Å². The van der Waals surface area contributed by atoms with Gasteiger partial charge in [0.15, 0.2) is 19.8 Å². The summed E-state index contributed by atoms with van der Waals surface area (Å²) in [6, 6.07) is 0.0814. The normalized spacial score (nSPS) is 20.9. The van der Waals surface area contributed by atoms with Crippen LogP contribution >= 0.6 is 0 Å². The maximum atomic E-state index is 9.90. The summed E-state index contributed by atoms with van der Waals surface area (Å²) in [5, 5.41) is 10.1. The van der Waals surface area contributed by atoms with Crippen molar-refractivity contribution < 1.29 is 9.53 Å². The van der Waals surface area contributed by atoms with E-state index >= 15 is 0 Å². The highest BCUT2D eigenvalue weighted by Gasteiger charge is 2.44. The molecule has 1 aliphatic rings. The van der Waals surface area contributed by atoms with E-state index in [0.29, 0.717) is 23.9 Å². The average molecular weight is 404 g/mol. The van der Waals surface area contributed by atoms with Gasteiger partial charge in [0.2, 0.25) is 0 Å². The van der Waals surface area contributed by atoms with E-state index in [1.165, 1.54) is 6.33 Å². The van der Waals surface area contributed by atoms with Gasteiger partial charge in [0.05, 0.1) is 19.0 Å².